The van der Waals surface area contributed by atoms with Gasteiger partial charge in [-0.2, -0.15) is 0 Å². The van der Waals surface area contributed by atoms with Crippen LogP contribution >= 0.6 is 23.4 Å². The highest BCUT2D eigenvalue weighted by atomic mass is 35.5. The Bertz CT molecular complexity index is 770. The summed E-state index contributed by atoms with van der Waals surface area (Å²) in [6.45, 7) is 5.86. The molecule has 0 bridgehead atoms. The number of carbonyl (C=O) groups excluding carboxylic acids is 1. The van der Waals surface area contributed by atoms with E-state index in [0.29, 0.717) is 5.02 Å². The normalized spacial score (nSPS) is 21.8. The fraction of sp³-hybridized carbons (Fsp3) is 0.158. The average molecular weight is 342 g/mol. The molecule has 1 amide bonds. The molecule has 2 atom stereocenters. The lowest BCUT2D eigenvalue weighted by Gasteiger charge is -2.29. The van der Waals surface area contributed by atoms with Crippen molar-refractivity contribution in [3.63, 3.8) is 0 Å². The van der Waals surface area contributed by atoms with Crippen LogP contribution in [-0.4, -0.2) is 15.7 Å². The maximum absolute atomic E-state index is 12.6. The highest BCUT2D eigenvalue weighted by Gasteiger charge is 2.47. The molecule has 23 heavy (non-hydrogen) atoms. The second kappa shape index (κ2) is 6.34. The summed E-state index contributed by atoms with van der Waals surface area (Å²) in [5, 5.41) is 1.44. The number of allylic oxidation sites excluding steroid dienone is 1. The van der Waals surface area contributed by atoms with E-state index in [1.165, 1.54) is 11.8 Å². The van der Waals surface area contributed by atoms with Crippen LogP contribution in [0.15, 0.2) is 72.2 Å². The number of nitrogens with zero attached hydrogens (tertiary/aromatic N) is 1. The van der Waals surface area contributed by atoms with Crippen LogP contribution < -0.4 is 0 Å². The Morgan fingerprint density at radius 3 is 2.43 bits per heavy atom. The van der Waals surface area contributed by atoms with Crippen molar-refractivity contribution < 1.29 is 4.79 Å². The lowest BCUT2D eigenvalue weighted by atomic mass is 9.86. The topological polar surface area (TPSA) is 29.4 Å². The third-order valence-corrected chi connectivity index (χ3v) is 5.64. The minimum atomic E-state index is -0.694. The zero-order valence-electron chi connectivity index (χ0n) is 12.7. The first-order valence-electron chi connectivity index (χ1n) is 7.30. The Labute approximate surface area is 145 Å². The van der Waals surface area contributed by atoms with Gasteiger partial charge in [0.1, 0.15) is 9.79 Å². The minimum absolute atomic E-state index is 0.124. The molecule has 1 heterocycles. The molecule has 116 valence electrons. The highest BCUT2D eigenvalue weighted by Crippen LogP contribution is 2.46. The molecule has 4 heteroatoms. The van der Waals surface area contributed by atoms with E-state index in [-0.39, 0.29) is 11.8 Å². The van der Waals surface area contributed by atoms with Crippen molar-refractivity contribution in [2.75, 3.05) is 0 Å². The first kappa shape index (κ1) is 16.0. The van der Waals surface area contributed by atoms with Gasteiger partial charge in [0.15, 0.2) is 0 Å². The molecule has 0 saturated carbocycles. The van der Waals surface area contributed by atoms with Crippen LogP contribution in [0.4, 0.5) is 0 Å². The standard InChI is InChI=1S/C19H16ClNOS/c1-3-16(13-9-11-15(20)12-10-13)19(2)18(22)21-17(23-19)14-7-5-4-6-8-14/h3-12,16H,1H2,2H3. The molecule has 0 aliphatic carbocycles. The Kier molecular flexibility index (Phi) is 4.42. The van der Waals surface area contributed by atoms with Gasteiger partial charge in [-0.25, -0.2) is 4.99 Å². The number of amides is 1. The van der Waals surface area contributed by atoms with E-state index in [4.69, 9.17) is 11.6 Å². The molecule has 0 saturated heterocycles. The fourth-order valence-electron chi connectivity index (χ4n) is 2.72. The minimum Gasteiger partial charge on any atom is -0.271 e. The van der Waals surface area contributed by atoms with Gasteiger partial charge in [0, 0.05) is 16.5 Å². The van der Waals surface area contributed by atoms with E-state index in [0.717, 1.165) is 16.2 Å². The van der Waals surface area contributed by atoms with Crippen LogP contribution in [0.3, 0.4) is 0 Å². The fourth-order valence-corrected chi connectivity index (χ4v) is 4.12. The molecular formula is C19H16ClNOS. The van der Waals surface area contributed by atoms with Gasteiger partial charge in [-0.15, -0.1) is 6.58 Å². The van der Waals surface area contributed by atoms with E-state index >= 15 is 0 Å². The first-order valence-corrected chi connectivity index (χ1v) is 8.49. The van der Waals surface area contributed by atoms with Gasteiger partial charge in [-0.05, 0) is 24.6 Å². The zero-order valence-corrected chi connectivity index (χ0v) is 14.3. The van der Waals surface area contributed by atoms with Crippen LogP contribution in [0.25, 0.3) is 0 Å². The summed E-state index contributed by atoms with van der Waals surface area (Å²) in [6, 6.07) is 17.3. The van der Waals surface area contributed by atoms with E-state index in [2.05, 4.69) is 11.6 Å². The molecule has 1 aliphatic rings. The second-order valence-corrected chi connectivity index (χ2v) is 7.44. The van der Waals surface area contributed by atoms with Crippen LogP contribution in [-0.2, 0) is 4.79 Å². The molecule has 2 nitrogen and oxygen atoms in total. The quantitative estimate of drug-likeness (QED) is 0.725. The lowest BCUT2D eigenvalue weighted by molar-refractivity contribution is -0.119. The Morgan fingerprint density at radius 2 is 1.83 bits per heavy atom. The smallest absolute Gasteiger partial charge is 0.264 e. The number of hydrogen-bond acceptors (Lipinski definition) is 2. The Hall–Kier alpha value is -1.84. The number of halogens is 1. The van der Waals surface area contributed by atoms with E-state index in [1.54, 1.807) is 0 Å². The summed E-state index contributed by atoms with van der Waals surface area (Å²) in [5.74, 6) is -0.261. The van der Waals surface area contributed by atoms with E-state index < -0.39 is 4.75 Å². The van der Waals surface area contributed by atoms with Crippen molar-refractivity contribution in [1.29, 1.82) is 0 Å². The molecule has 2 aromatic rings. The number of hydrogen-bond donors (Lipinski definition) is 0. The van der Waals surface area contributed by atoms with Gasteiger partial charge < -0.3 is 0 Å². The number of thioether (sulfide) groups is 1. The molecule has 1 aliphatic heterocycles. The lowest BCUT2D eigenvalue weighted by Crippen LogP contribution is -2.34. The summed E-state index contributed by atoms with van der Waals surface area (Å²) in [4.78, 5) is 16.9. The second-order valence-electron chi connectivity index (χ2n) is 5.56. The third-order valence-electron chi connectivity index (χ3n) is 4.02. The van der Waals surface area contributed by atoms with Crippen molar-refractivity contribution in [3.05, 3.63) is 83.4 Å². The molecule has 3 rings (SSSR count). The van der Waals surface area contributed by atoms with Gasteiger partial charge in [0.2, 0.25) is 0 Å². The Balaban J connectivity index is 1.94. The summed E-state index contributed by atoms with van der Waals surface area (Å²) in [6.07, 6.45) is 1.82. The van der Waals surface area contributed by atoms with E-state index in [1.807, 2.05) is 67.6 Å². The van der Waals surface area contributed by atoms with Crippen molar-refractivity contribution in [2.45, 2.75) is 17.6 Å². The molecule has 0 N–H and O–H groups in total. The maximum atomic E-state index is 12.6. The SMILES string of the molecule is C=CC(c1ccc(Cl)cc1)C1(C)SC(c2ccccc2)=NC1=O. The van der Waals surface area contributed by atoms with Crippen molar-refractivity contribution in [2.24, 2.45) is 4.99 Å². The van der Waals surface area contributed by atoms with E-state index in [9.17, 15) is 4.79 Å². The summed E-state index contributed by atoms with van der Waals surface area (Å²) >= 11 is 7.47. The predicted molar refractivity (Wildman–Crippen MR) is 98.4 cm³/mol. The van der Waals surface area contributed by atoms with Crippen LogP contribution in [0.1, 0.15) is 24.0 Å². The van der Waals surface area contributed by atoms with Crippen molar-refractivity contribution in [3.8, 4) is 0 Å². The molecule has 0 radical (unpaired) electrons. The van der Waals surface area contributed by atoms with Gasteiger partial charge in [0.05, 0.1) is 0 Å². The van der Waals surface area contributed by atoms with Crippen LogP contribution in [0.5, 0.6) is 0 Å². The van der Waals surface area contributed by atoms with Crippen molar-refractivity contribution in [1.82, 2.24) is 0 Å². The highest BCUT2D eigenvalue weighted by molar-refractivity contribution is 8.16. The van der Waals surface area contributed by atoms with Crippen molar-refractivity contribution >= 4 is 34.3 Å². The van der Waals surface area contributed by atoms with Crippen LogP contribution in [0, 0.1) is 0 Å². The molecule has 0 fully saturated rings. The molecule has 0 spiro atoms. The van der Waals surface area contributed by atoms with Gasteiger partial charge in [-0.3, -0.25) is 4.79 Å². The Morgan fingerprint density at radius 1 is 1.17 bits per heavy atom. The summed E-state index contributed by atoms with van der Waals surface area (Å²) in [7, 11) is 0. The zero-order chi connectivity index (χ0) is 16.4. The number of aliphatic imine (C=N–C) groups is 1. The molecule has 2 unspecified atom stereocenters. The summed E-state index contributed by atoms with van der Waals surface area (Å²) in [5.41, 5.74) is 1.98. The molecule has 0 aromatic heterocycles. The number of rotatable bonds is 4. The number of carbonyl (C=O) groups is 1. The third kappa shape index (κ3) is 2.99. The maximum Gasteiger partial charge on any atom is 0.264 e. The van der Waals surface area contributed by atoms with Gasteiger partial charge >= 0.3 is 0 Å². The molecular weight excluding hydrogens is 326 g/mol. The predicted octanol–water partition coefficient (Wildman–Crippen LogP) is 5.09. The monoisotopic (exact) mass is 341 g/mol. The number of benzene rings is 2. The van der Waals surface area contributed by atoms with Gasteiger partial charge in [0.25, 0.3) is 5.91 Å². The largest absolute Gasteiger partial charge is 0.271 e. The van der Waals surface area contributed by atoms with Crippen LogP contribution in [0.2, 0.25) is 5.02 Å². The first-order chi connectivity index (χ1) is 11.0. The van der Waals surface area contributed by atoms with Gasteiger partial charge in [-0.1, -0.05) is 71.9 Å². The average Bonchev–Trinajstić information content (AvgIpc) is 2.87. The summed E-state index contributed by atoms with van der Waals surface area (Å²) < 4.78 is -0.694. The molecule has 2 aromatic carbocycles.